The number of hydrogen-bond donors (Lipinski definition) is 1. The quantitative estimate of drug-likeness (QED) is 0.893. The summed E-state index contributed by atoms with van der Waals surface area (Å²) >= 11 is 5.82. The third kappa shape index (κ3) is 2.27. The first-order chi connectivity index (χ1) is 8.50. The zero-order valence-electron chi connectivity index (χ0n) is 10.1. The molecule has 3 nitrogen and oxygen atoms in total. The summed E-state index contributed by atoms with van der Waals surface area (Å²) in [6, 6.07) is 7.02. The van der Waals surface area contributed by atoms with Gasteiger partial charge in [0.25, 0.3) is 0 Å². The topological polar surface area (TPSA) is 50.4 Å². The summed E-state index contributed by atoms with van der Waals surface area (Å²) in [5.74, 6) is -0.456. The molecule has 0 fully saturated rings. The summed E-state index contributed by atoms with van der Waals surface area (Å²) in [6.45, 7) is 3.80. The van der Waals surface area contributed by atoms with E-state index in [1.165, 1.54) is 6.26 Å². The highest BCUT2D eigenvalue weighted by Gasteiger charge is 2.22. The van der Waals surface area contributed by atoms with Crippen molar-refractivity contribution >= 4 is 17.6 Å². The van der Waals surface area contributed by atoms with Gasteiger partial charge in [0.1, 0.15) is 11.3 Å². The molecule has 1 aromatic heterocycles. The van der Waals surface area contributed by atoms with E-state index in [0.717, 1.165) is 5.56 Å². The Bertz CT molecular complexity index is 567. The fourth-order valence-corrected chi connectivity index (χ4v) is 1.99. The number of carboxylic acid groups (broad SMARTS) is 1. The van der Waals surface area contributed by atoms with Gasteiger partial charge in [-0.25, -0.2) is 4.79 Å². The number of hydrogen-bond acceptors (Lipinski definition) is 2. The minimum absolute atomic E-state index is 0.0251. The SMILES string of the molecule is CC(C)c1occ(-c2ccc(Cl)cc2)c1C(=O)O. The second-order valence-corrected chi connectivity index (χ2v) is 4.79. The molecule has 0 aliphatic heterocycles. The Morgan fingerprint density at radius 1 is 1.28 bits per heavy atom. The summed E-state index contributed by atoms with van der Waals surface area (Å²) in [6.07, 6.45) is 1.49. The van der Waals surface area contributed by atoms with Crippen molar-refractivity contribution in [3.63, 3.8) is 0 Å². The normalized spacial score (nSPS) is 10.9. The van der Waals surface area contributed by atoms with Crippen LogP contribution in [-0.2, 0) is 0 Å². The predicted molar refractivity (Wildman–Crippen MR) is 70.2 cm³/mol. The van der Waals surface area contributed by atoms with Gasteiger partial charge in [-0.05, 0) is 17.7 Å². The maximum absolute atomic E-state index is 11.4. The van der Waals surface area contributed by atoms with Gasteiger partial charge in [-0.2, -0.15) is 0 Å². The van der Waals surface area contributed by atoms with E-state index >= 15 is 0 Å². The van der Waals surface area contributed by atoms with Crippen molar-refractivity contribution in [2.24, 2.45) is 0 Å². The second-order valence-electron chi connectivity index (χ2n) is 4.36. The number of benzene rings is 1. The maximum Gasteiger partial charge on any atom is 0.339 e. The molecule has 4 heteroatoms. The highest BCUT2D eigenvalue weighted by molar-refractivity contribution is 6.30. The van der Waals surface area contributed by atoms with E-state index in [1.807, 2.05) is 13.8 Å². The first-order valence-electron chi connectivity index (χ1n) is 5.61. The lowest BCUT2D eigenvalue weighted by molar-refractivity contribution is 0.0694. The lowest BCUT2D eigenvalue weighted by atomic mass is 9.99. The van der Waals surface area contributed by atoms with Crippen LogP contribution in [0.5, 0.6) is 0 Å². The first kappa shape index (κ1) is 12.7. The van der Waals surface area contributed by atoms with E-state index in [2.05, 4.69) is 0 Å². The van der Waals surface area contributed by atoms with Crippen LogP contribution in [0.4, 0.5) is 0 Å². The van der Waals surface area contributed by atoms with Crippen molar-refractivity contribution < 1.29 is 14.3 Å². The zero-order chi connectivity index (χ0) is 13.3. The number of rotatable bonds is 3. The molecule has 0 amide bonds. The predicted octanol–water partition coefficient (Wildman–Crippen LogP) is 4.42. The molecule has 0 bridgehead atoms. The van der Waals surface area contributed by atoms with Gasteiger partial charge in [-0.3, -0.25) is 0 Å². The monoisotopic (exact) mass is 264 g/mol. The number of carboxylic acids is 1. The molecule has 1 heterocycles. The first-order valence-corrected chi connectivity index (χ1v) is 5.99. The molecule has 1 aromatic carbocycles. The Kier molecular flexibility index (Phi) is 3.43. The fourth-order valence-electron chi connectivity index (χ4n) is 1.86. The Balaban J connectivity index is 2.58. The molecular formula is C14H13ClO3. The molecule has 0 atom stereocenters. The Morgan fingerprint density at radius 2 is 1.89 bits per heavy atom. The van der Waals surface area contributed by atoms with Crippen LogP contribution in [0.3, 0.4) is 0 Å². The number of furan rings is 1. The molecule has 2 aromatic rings. The van der Waals surface area contributed by atoms with E-state index in [1.54, 1.807) is 24.3 Å². The molecule has 0 saturated heterocycles. The van der Waals surface area contributed by atoms with Crippen molar-refractivity contribution in [3.05, 3.63) is 46.9 Å². The second kappa shape index (κ2) is 4.86. The highest BCUT2D eigenvalue weighted by Crippen LogP contribution is 2.32. The molecule has 0 unspecified atom stereocenters. The molecule has 18 heavy (non-hydrogen) atoms. The van der Waals surface area contributed by atoms with E-state index in [0.29, 0.717) is 16.3 Å². The molecule has 0 radical (unpaired) electrons. The third-order valence-corrected chi connectivity index (χ3v) is 2.96. The summed E-state index contributed by atoms with van der Waals surface area (Å²) < 4.78 is 5.39. The van der Waals surface area contributed by atoms with Gasteiger partial charge in [0.2, 0.25) is 0 Å². The van der Waals surface area contributed by atoms with E-state index in [9.17, 15) is 9.90 Å². The van der Waals surface area contributed by atoms with E-state index < -0.39 is 5.97 Å². The molecule has 0 saturated carbocycles. The lowest BCUT2D eigenvalue weighted by Crippen LogP contribution is -2.02. The molecule has 2 rings (SSSR count). The zero-order valence-corrected chi connectivity index (χ0v) is 10.9. The molecule has 0 aliphatic carbocycles. The number of aromatic carboxylic acids is 1. The van der Waals surface area contributed by atoms with Crippen molar-refractivity contribution in [2.75, 3.05) is 0 Å². The minimum atomic E-state index is -0.975. The van der Waals surface area contributed by atoms with Crippen LogP contribution in [0.15, 0.2) is 34.9 Å². The standard InChI is InChI=1S/C14H13ClO3/c1-8(2)13-12(14(16)17)11(7-18-13)9-3-5-10(15)6-4-9/h3-8H,1-2H3,(H,16,17). The molecule has 0 spiro atoms. The van der Waals surface area contributed by atoms with Crippen LogP contribution < -0.4 is 0 Å². The van der Waals surface area contributed by atoms with Crippen LogP contribution in [0, 0.1) is 0 Å². The number of carbonyl (C=O) groups is 1. The molecule has 0 aliphatic rings. The Labute approximate surface area is 110 Å². The van der Waals surface area contributed by atoms with Gasteiger partial charge in [0, 0.05) is 16.5 Å². The van der Waals surface area contributed by atoms with E-state index in [4.69, 9.17) is 16.0 Å². The Hall–Kier alpha value is -1.74. The lowest BCUT2D eigenvalue weighted by Gasteiger charge is -2.04. The van der Waals surface area contributed by atoms with Crippen LogP contribution >= 0.6 is 11.6 Å². The van der Waals surface area contributed by atoms with Crippen molar-refractivity contribution in [2.45, 2.75) is 19.8 Å². The summed E-state index contributed by atoms with van der Waals surface area (Å²) in [4.78, 5) is 11.4. The average molecular weight is 265 g/mol. The highest BCUT2D eigenvalue weighted by atomic mass is 35.5. The summed E-state index contributed by atoms with van der Waals surface area (Å²) in [5.41, 5.74) is 1.60. The van der Waals surface area contributed by atoms with Gasteiger partial charge >= 0.3 is 5.97 Å². The third-order valence-electron chi connectivity index (χ3n) is 2.71. The van der Waals surface area contributed by atoms with Crippen LogP contribution in [-0.4, -0.2) is 11.1 Å². The molecular weight excluding hydrogens is 252 g/mol. The number of halogens is 1. The van der Waals surface area contributed by atoms with Crippen LogP contribution in [0.25, 0.3) is 11.1 Å². The smallest absolute Gasteiger partial charge is 0.339 e. The van der Waals surface area contributed by atoms with Gasteiger partial charge in [-0.1, -0.05) is 37.6 Å². The fraction of sp³-hybridized carbons (Fsp3) is 0.214. The van der Waals surface area contributed by atoms with Gasteiger partial charge in [0.15, 0.2) is 0 Å². The van der Waals surface area contributed by atoms with E-state index in [-0.39, 0.29) is 11.5 Å². The Morgan fingerprint density at radius 3 is 2.39 bits per heavy atom. The summed E-state index contributed by atoms with van der Waals surface area (Å²) in [5, 5.41) is 9.93. The maximum atomic E-state index is 11.4. The molecule has 94 valence electrons. The average Bonchev–Trinajstić information content (AvgIpc) is 2.74. The minimum Gasteiger partial charge on any atom is -0.478 e. The van der Waals surface area contributed by atoms with Crippen molar-refractivity contribution in [3.8, 4) is 11.1 Å². The van der Waals surface area contributed by atoms with Crippen molar-refractivity contribution in [1.82, 2.24) is 0 Å². The summed E-state index contributed by atoms with van der Waals surface area (Å²) in [7, 11) is 0. The van der Waals surface area contributed by atoms with Crippen molar-refractivity contribution in [1.29, 1.82) is 0 Å². The van der Waals surface area contributed by atoms with Crippen LogP contribution in [0.2, 0.25) is 5.02 Å². The molecule has 1 N–H and O–H groups in total. The van der Waals surface area contributed by atoms with Gasteiger partial charge in [0.05, 0.1) is 6.26 Å². The van der Waals surface area contributed by atoms with Gasteiger partial charge in [-0.15, -0.1) is 0 Å². The van der Waals surface area contributed by atoms with Gasteiger partial charge < -0.3 is 9.52 Å². The van der Waals surface area contributed by atoms with Crippen LogP contribution in [0.1, 0.15) is 35.9 Å². The largest absolute Gasteiger partial charge is 0.478 e.